The van der Waals surface area contributed by atoms with Crippen LogP contribution in [0.3, 0.4) is 0 Å². The maximum absolute atomic E-state index is 2.48. The molecule has 0 aromatic heterocycles. The average Bonchev–Trinajstić information content (AvgIpc) is 3.29. The maximum atomic E-state index is 2.48. The van der Waals surface area contributed by atoms with Gasteiger partial charge < -0.3 is 0 Å². The van der Waals surface area contributed by atoms with E-state index in [1.165, 1.54) is 83.5 Å². The largest absolute Gasteiger partial charge is 0.0628 e. The number of rotatable bonds is 15. The van der Waals surface area contributed by atoms with Gasteiger partial charge in [-0.15, -0.1) is 0 Å². The van der Waals surface area contributed by atoms with E-state index in [1.807, 2.05) is 0 Å². The molecule has 1 saturated carbocycles. The van der Waals surface area contributed by atoms with E-state index in [1.54, 1.807) is 0 Å². The fourth-order valence-corrected chi connectivity index (χ4v) is 3.86. The molecule has 1 aliphatic carbocycles. The second-order valence-electron chi connectivity index (χ2n) is 9.52. The number of hydrogen-bond donors (Lipinski definition) is 0. The molecular weight excluding hydrogens is 276 g/mol. The summed E-state index contributed by atoms with van der Waals surface area (Å²) in [6, 6.07) is 0. The molecule has 0 amide bonds. The lowest BCUT2D eigenvalue weighted by molar-refractivity contribution is 0.371. The van der Waals surface area contributed by atoms with Gasteiger partial charge in [0.15, 0.2) is 0 Å². The van der Waals surface area contributed by atoms with Crippen LogP contribution >= 0.6 is 0 Å². The highest BCUT2D eigenvalue weighted by Crippen LogP contribution is 2.35. The minimum Gasteiger partial charge on any atom is -0.0628 e. The van der Waals surface area contributed by atoms with Crippen LogP contribution in [0, 0.1) is 29.6 Å². The molecule has 0 heteroatoms. The van der Waals surface area contributed by atoms with Crippen LogP contribution in [0.4, 0.5) is 0 Å². The molecule has 0 heterocycles. The first-order valence-corrected chi connectivity index (χ1v) is 11.0. The molecular formula is C23H46. The van der Waals surface area contributed by atoms with Crippen molar-refractivity contribution in [3.8, 4) is 0 Å². The van der Waals surface area contributed by atoms with Gasteiger partial charge in [-0.3, -0.25) is 0 Å². The Bertz CT molecular complexity index is 263. The third-order valence-electron chi connectivity index (χ3n) is 6.03. The fraction of sp³-hybridized carbons (Fsp3) is 1.00. The first kappa shape index (κ1) is 21.0. The van der Waals surface area contributed by atoms with Crippen molar-refractivity contribution in [2.75, 3.05) is 0 Å². The molecule has 0 saturated heterocycles. The maximum Gasteiger partial charge on any atom is -0.0414 e. The SMILES string of the molecule is CC(C)CCCC(C)CCCC(C)CCCC(C)CCC1CC1. The zero-order valence-electron chi connectivity index (χ0n) is 17.1. The smallest absolute Gasteiger partial charge is 0.0414 e. The van der Waals surface area contributed by atoms with Gasteiger partial charge in [-0.05, 0) is 29.6 Å². The Morgan fingerprint density at radius 3 is 1.35 bits per heavy atom. The van der Waals surface area contributed by atoms with E-state index >= 15 is 0 Å². The summed E-state index contributed by atoms with van der Waals surface area (Å²) < 4.78 is 0. The van der Waals surface area contributed by atoms with E-state index in [9.17, 15) is 0 Å². The van der Waals surface area contributed by atoms with Crippen LogP contribution in [-0.4, -0.2) is 0 Å². The van der Waals surface area contributed by atoms with Gasteiger partial charge in [0.1, 0.15) is 0 Å². The molecule has 0 bridgehead atoms. The monoisotopic (exact) mass is 322 g/mol. The van der Waals surface area contributed by atoms with Crippen LogP contribution in [0.25, 0.3) is 0 Å². The molecule has 0 aromatic carbocycles. The van der Waals surface area contributed by atoms with Crippen molar-refractivity contribution in [2.24, 2.45) is 29.6 Å². The van der Waals surface area contributed by atoms with Crippen LogP contribution in [0.1, 0.15) is 118 Å². The summed E-state index contributed by atoms with van der Waals surface area (Å²) in [5, 5.41) is 0. The first-order chi connectivity index (χ1) is 11.0. The van der Waals surface area contributed by atoms with Gasteiger partial charge in [0.05, 0.1) is 0 Å². The van der Waals surface area contributed by atoms with Crippen molar-refractivity contribution in [2.45, 2.75) is 118 Å². The molecule has 3 unspecified atom stereocenters. The van der Waals surface area contributed by atoms with Crippen LogP contribution in [0.5, 0.6) is 0 Å². The first-order valence-electron chi connectivity index (χ1n) is 11.0. The summed E-state index contributed by atoms with van der Waals surface area (Å²) in [4.78, 5) is 0. The average molecular weight is 323 g/mol. The van der Waals surface area contributed by atoms with Crippen molar-refractivity contribution >= 4 is 0 Å². The molecule has 1 rings (SSSR count). The molecule has 3 atom stereocenters. The zero-order valence-corrected chi connectivity index (χ0v) is 17.1. The number of hydrogen-bond acceptors (Lipinski definition) is 0. The van der Waals surface area contributed by atoms with Gasteiger partial charge >= 0.3 is 0 Å². The molecule has 1 aliphatic rings. The van der Waals surface area contributed by atoms with Crippen molar-refractivity contribution in [3.05, 3.63) is 0 Å². The van der Waals surface area contributed by atoms with E-state index < -0.39 is 0 Å². The van der Waals surface area contributed by atoms with Crippen LogP contribution < -0.4 is 0 Å². The Morgan fingerprint density at radius 1 is 0.565 bits per heavy atom. The Labute approximate surface area is 148 Å². The van der Waals surface area contributed by atoms with E-state index in [-0.39, 0.29) is 0 Å². The lowest BCUT2D eigenvalue weighted by Crippen LogP contribution is -2.01. The molecule has 0 radical (unpaired) electrons. The molecule has 138 valence electrons. The summed E-state index contributed by atoms with van der Waals surface area (Å²) in [5.41, 5.74) is 0. The molecule has 23 heavy (non-hydrogen) atoms. The van der Waals surface area contributed by atoms with E-state index in [2.05, 4.69) is 34.6 Å². The van der Waals surface area contributed by atoms with E-state index in [0.29, 0.717) is 0 Å². The topological polar surface area (TPSA) is 0 Å². The van der Waals surface area contributed by atoms with Crippen LogP contribution in [-0.2, 0) is 0 Å². The van der Waals surface area contributed by atoms with Crippen molar-refractivity contribution in [1.29, 1.82) is 0 Å². The highest BCUT2D eigenvalue weighted by Gasteiger charge is 2.21. The highest BCUT2D eigenvalue weighted by molar-refractivity contribution is 4.73. The van der Waals surface area contributed by atoms with Crippen LogP contribution in [0.15, 0.2) is 0 Å². The van der Waals surface area contributed by atoms with E-state index in [4.69, 9.17) is 0 Å². The Balaban J connectivity index is 1.89. The van der Waals surface area contributed by atoms with Gasteiger partial charge in [0.2, 0.25) is 0 Å². The zero-order chi connectivity index (χ0) is 17.1. The summed E-state index contributed by atoms with van der Waals surface area (Å²) in [5.74, 6) is 4.88. The highest BCUT2D eigenvalue weighted by atomic mass is 14.3. The molecule has 0 nitrogen and oxygen atoms in total. The Kier molecular flexibility index (Phi) is 11.3. The fourth-order valence-electron chi connectivity index (χ4n) is 3.86. The van der Waals surface area contributed by atoms with Crippen LogP contribution in [0.2, 0.25) is 0 Å². The quantitative estimate of drug-likeness (QED) is 0.284. The minimum atomic E-state index is 0.883. The molecule has 1 fully saturated rings. The Hall–Kier alpha value is 0. The van der Waals surface area contributed by atoms with Crippen molar-refractivity contribution < 1.29 is 0 Å². The van der Waals surface area contributed by atoms with Gasteiger partial charge in [0, 0.05) is 0 Å². The van der Waals surface area contributed by atoms with Gasteiger partial charge in [-0.1, -0.05) is 118 Å². The third kappa shape index (κ3) is 13.0. The van der Waals surface area contributed by atoms with Crippen molar-refractivity contribution in [3.63, 3.8) is 0 Å². The molecule has 0 N–H and O–H groups in total. The minimum absolute atomic E-state index is 0.883. The van der Waals surface area contributed by atoms with E-state index in [0.717, 1.165) is 29.6 Å². The predicted molar refractivity (Wildman–Crippen MR) is 106 cm³/mol. The summed E-state index contributed by atoms with van der Waals surface area (Å²) in [7, 11) is 0. The van der Waals surface area contributed by atoms with Crippen molar-refractivity contribution in [1.82, 2.24) is 0 Å². The second-order valence-corrected chi connectivity index (χ2v) is 9.52. The van der Waals surface area contributed by atoms with Gasteiger partial charge in [-0.2, -0.15) is 0 Å². The Morgan fingerprint density at radius 2 is 0.957 bits per heavy atom. The summed E-state index contributed by atoms with van der Waals surface area (Å²) in [6.45, 7) is 12.1. The molecule has 0 aliphatic heterocycles. The lowest BCUT2D eigenvalue weighted by atomic mass is 9.90. The van der Waals surface area contributed by atoms with Gasteiger partial charge in [-0.25, -0.2) is 0 Å². The normalized spacial score (nSPS) is 19.0. The lowest BCUT2D eigenvalue weighted by Gasteiger charge is -2.16. The third-order valence-corrected chi connectivity index (χ3v) is 6.03. The molecule has 0 spiro atoms. The standard InChI is InChI=1S/C23H46/c1-19(2)9-6-10-20(3)11-7-12-21(4)13-8-14-22(5)15-16-23-17-18-23/h19-23H,6-18H2,1-5H3. The predicted octanol–water partition coefficient (Wildman–Crippen LogP) is 8.25. The second kappa shape index (κ2) is 12.4. The summed E-state index contributed by atoms with van der Waals surface area (Å²) in [6.07, 6.45) is 19.2. The molecule has 0 aromatic rings. The summed E-state index contributed by atoms with van der Waals surface area (Å²) >= 11 is 0. The van der Waals surface area contributed by atoms with Gasteiger partial charge in [0.25, 0.3) is 0 Å².